The molecule has 0 saturated heterocycles. The molecule has 0 spiro atoms. The standard InChI is InChI=1S/C23H27ClN6O4/c1-16(2)12-29(13-19-6-5-18(24)10-26-19)22(31)15-34-7-3-4-20-14-30(28-27-20)21-8-17(23(32)33)9-25-11-21/h5-6,8-11,14,16H,3-4,7,12-13,15H2,1-2H3,(H,32,33). The molecule has 3 aromatic heterocycles. The van der Waals surface area contributed by atoms with Gasteiger partial charge in [-0.15, -0.1) is 5.10 Å². The molecular weight excluding hydrogens is 460 g/mol. The second-order valence-electron chi connectivity index (χ2n) is 8.18. The molecule has 3 aromatic rings. The number of hydrogen-bond donors (Lipinski definition) is 1. The lowest BCUT2D eigenvalue weighted by Crippen LogP contribution is -2.36. The van der Waals surface area contributed by atoms with Crippen molar-refractivity contribution in [3.8, 4) is 5.69 Å². The second kappa shape index (κ2) is 12.2. The predicted molar refractivity (Wildman–Crippen MR) is 125 cm³/mol. The number of carbonyl (C=O) groups is 2. The van der Waals surface area contributed by atoms with E-state index in [-0.39, 0.29) is 18.1 Å². The van der Waals surface area contributed by atoms with Crippen molar-refractivity contribution in [3.63, 3.8) is 0 Å². The van der Waals surface area contributed by atoms with E-state index in [9.17, 15) is 9.59 Å². The molecule has 3 rings (SSSR count). The number of carboxylic acids is 1. The molecule has 0 aliphatic heterocycles. The van der Waals surface area contributed by atoms with Gasteiger partial charge in [0.05, 0.1) is 46.6 Å². The Kier molecular flexibility index (Phi) is 9.06. The van der Waals surface area contributed by atoms with E-state index in [0.29, 0.717) is 49.2 Å². The van der Waals surface area contributed by atoms with Gasteiger partial charge in [-0.1, -0.05) is 30.7 Å². The van der Waals surface area contributed by atoms with Crippen LogP contribution in [0.2, 0.25) is 5.02 Å². The zero-order valence-corrected chi connectivity index (χ0v) is 19.9. The number of aryl methyl sites for hydroxylation is 1. The summed E-state index contributed by atoms with van der Waals surface area (Å²) in [6, 6.07) is 5.05. The number of carbonyl (C=O) groups excluding carboxylic acids is 1. The molecule has 0 fully saturated rings. The van der Waals surface area contributed by atoms with Crippen LogP contribution in [0.1, 0.15) is 42.0 Å². The third-order valence-corrected chi connectivity index (χ3v) is 5.03. The summed E-state index contributed by atoms with van der Waals surface area (Å²) in [6.07, 6.45) is 7.34. The van der Waals surface area contributed by atoms with Gasteiger partial charge in [0.1, 0.15) is 6.61 Å². The number of aromatic carboxylic acids is 1. The van der Waals surface area contributed by atoms with E-state index >= 15 is 0 Å². The van der Waals surface area contributed by atoms with Crippen molar-refractivity contribution < 1.29 is 19.4 Å². The van der Waals surface area contributed by atoms with Gasteiger partial charge in [-0.3, -0.25) is 14.8 Å². The van der Waals surface area contributed by atoms with E-state index in [2.05, 4.69) is 34.1 Å². The molecule has 180 valence electrons. The molecule has 34 heavy (non-hydrogen) atoms. The van der Waals surface area contributed by atoms with Gasteiger partial charge in [0.15, 0.2) is 0 Å². The SMILES string of the molecule is CC(C)CN(Cc1ccc(Cl)cn1)C(=O)COCCCc1cn(-c2cncc(C(=O)O)c2)nn1. The maximum Gasteiger partial charge on any atom is 0.337 e. The zero-order valence-electron chi connectivity index (χ0n) is 19.1. The average Bonchev–Trinajstić information content (AvgIpc) is 3.28. The highest BCUT2D eigenvalue weighted by molar-refractivity contribution is 6.30. The van der Waals surface area contributed by atoms with Gasteiger partial charge >= 0.3 is 5.97 Å². The van der Waals surface area contributed by atoms with Crippen LogP contribution in [0, 0.1) is 5.92 Å². The highest BCUT2D eigenvalue weighted by Crippen LogP contribution is 2.11. The summed E-state index contributed by atoms with van der Waals surface area (Å²) in [4.78, 5) is 33.7. The summed E-state index contributed by atoms with van der Waals surface area (Å²) in [5.74, 6) is -0.842. The average molecular weight is 487 g/mol. The van der Waals surface area contributed by atoms with Crippen LogP contribution in [0.25, 0.3) is 5.69 Å². The van der Waals surface area contributed by atoms with Crippen molar-refractivity contribution in [1.29, 1.82) is 0 Å². The lowest BCUT2D eigenvalue weighted by molar-refractivity contribution is -0.137. The number of aromatic nitrogens is 5. The third-order valence-electron chi connectivity index (χ3n) is 4.80. The van der Waals surface area contributed by atoms with E-state index < -0.39 is 5.97 Å². The first-order valence-electron chi connectivity index (χ1n) is 10.9. The fraction of sp³-hybridized carbons (Fsp3) is 0.391. The first-order valence-corrected chi connectivity index (χ1v) is 11.3. The number of hydrogen-bond acceptors (Lipinski definition) is 7. The molecule has 0 atom stereocenters. The molecule has 0 aromatic carbocycles. The monoisotopic (exact) mass is 486 g/mol. The maximum atomic E-state index is 12.7. The van der Waals surface area contributed by atoms with Crippen LogP contribution in [-0.2, 0) is 22.5 Å². The maximum absolute atomic E-state index is 12.7. The number of halogens is 1. The molecule has 0 radical (unpaired) electrons. The van der Waals surface area contributed by atoms with Crippen LogP contribution in [-0.4, -0.2) is 66.6 Å². The fourth-order valence-electron chi connectivity index (χ4n) is 3.21. The highest BCUT2D eigenvalue weighted by Gasteiger charge is 2.16. The first kappa shape index (κ1) is 25.3. The van der Waals surface area contributed by atoms with E-state index in [0.717, 1.165) is 11.4 Å². The van der Waals surface area contributed by atoms with Crippen molar-refractivity contribution in [2.45, 2.75) is 33.2 Å². The lowest BCUT2D eigenvalue weighted by Gasteiger charge is -2.24. The summed E-state index contributed by atoms with van der Waals surface area (Å²) in [5, 5.41) is 17.8. The Labute approximate surface area is 202 Å². The van der Waals surface area contributed by atoms with Gasteiger partial charge < -0.3 is 14.7 Å². The van der Waals surface area contributed by atoms with Crippen LogP contribution >= 0.6 is 11.6 Å². The summed E-state index contributed by atoms with van der Waals surface area (Å²) < 4.78 is 7.09. The van der Waals surface area contributed by atoms with Gasteiger partial charge in [-0.05, 0) is 37.0 Å². The molecular formula is C23H27ClN6O4. The molecule has 0 aliphatic carbocycles. The molecule has 1 amide bonds. The predicted octanol–water partition coefficient (Wildman–Crippen LogP) is 3.04. The van der Waals surface area contributed by atoms with Gasteiger partial charge in [-0.25, -0.2) is 9.48 Å². The van der Waals surface area contributed by atoms with Crippen LogP contribution in [0.15, 0.2) is 43.0 Å². The number of amides is 1. The minimum atomic E-state index is -1.06. The molecule has 11 heteroatoms. The molecule has 0 unspecified atom stereocenters. The van der Waals surface area contributed by atoms with Crippen molar-refractivity contribution in [2.24, 2.45) is 5.92 Å². The summed E-state index contributed by atoms with van der Waals surface area (Å²) in [7, 11) is 0. The number of nitrogens with zero attached hydrogens (tertiary/aromatic N) is 6. The molecule has 10 nitrogen and oxygen atoms in total. The fourth-order valence-corrected chi connectivity index (χ4v) is 3.32. The Morgan fingerprint density at radius 1 is 1.21 bits per heavy atom. The molecule has 0 aliphatic rings. The van der Waals surface area contributed by atoms with Crippen molar-refractivity contribution in [3.05, 3.63) is 65.0 Å². The molecule has 3 heterocycles. The van der Waals surface area contributed by atoms with E-state index in [4.69, 9.17) is 21.4 Å². The molecule has 0 saturated carbocycles. The highest BCUT2D eigenvalue weighted by atomic mass is 35.5. The quantitative estimate of drug-likeness (QED) is 0.387. The van der Waals surface area contributed by atoms with Gasteiger partial charge in [-0.2, -0.15) is 0 Å². The number of rotatable bonds is 12. The summed E-state index contributed by atoms with van der Waals surface area (Å²) in [5.41, 5.74) is 2.09. The Balaban J connectivity index is 1.45. The van der Waals surface area contributed by atoms with Gasteiger partial charge in [0, 0.05) is 25.5 Å². The minimum absolute atomic E-state index is 0.0132. The molecule has 0 bridgehead atoms. The lowest BCUT2D eigenvalue weighted by atomic mass is 10.2. The van der Waals surface area contributed by atoms with Crippen LogP contribution in [0.5, 0.6) is 0 Å². The van der Waals surface area contributed by atoms with E-state index in [1.54, 1.807) is 23.4 Å². The Hall–Kier alpha value is -3.37. The van der Waals surface area contributed by atoms with Crippen LogP contribution in [0.3, 0.4) is 0 Å². The largest absolute Gasteiger partial charge is 0.478 e. The Morgan fingerprint density at radius 2 is 2.03 bits per heavy atom. The molecule has 1 N–H and O–H groups in total. The van der Waals surface area contributed by atoms with Crippen molar-refractivity contribution in [1.82, 2.24) is 29.9 Å². The number of pyridine rings is 2. The van der Waals surface area contributed by atoms with Gasteiger partial charge in [0.25, 0.3) is 0 Å². The zero-order chi connectivity index (χ0) is 24.5. The van der Waals surface area contributed by atoms with Crippen molar-refractivity contribution >= 4 is 23.5 Å². The van der Waals surface area contributed by atoms with E-state index in [1.807, 2.05) is 6.07 Å². The first-order chi connectivity index (χ1) is 16.3. The topological polar surface area (TPSA) is 123 Å². The third kappa shape index (κ3) is 7.60. The Morgan fingerprint density at radius 3 is 2.74 bits per heavy atom. The number of carboxylic acid groups (broad SMARTS) is 1. The van der Waals surface area contributed by atoms with Gasteiger partial charge in [0.2, 0.25) is 5.91 Å². The van der Waals surface area contributed by atoms with Crippen LogP contribution in [0.4, 0.5) is 0 Å². The smallest absolute Gasteiger partial charge is 0.337 e. The minimum Gasteiger partial charge on any atom is -0.478 e. The summed E-state index contributed by atoms with van der Waals surface area (Å²) in [6.45, 7) is 5.49. The second-order valence-corrected chi connectivity index (χ2v) is 8.62. The van der Waals surface area contributed by atoms with Crippen molar-refractivity contribution in [2.75, 3.05) is 19.8 Å². The Bertz CT molecular complexity index is 1100. The normalized spacial score (nSPS) is 11.1. The summed E-state index contributed by atoms with van der Waals surface area (Å²) >= 11 is 5.89. The van der Waals surface area contributed by atoms with Crippen LogP contribution < -0.4 is 0 Å². The number of ether oxygens (including phenoxy) is 1. The van der Waals surface area contributed by atoms with E-state index in [1.165, 1.54) is 23.1 Å².